The third-order valence-corrected chi connectivity index (χ3v) is 5.86. The van der Waals surface area contributed by atoms with Gasteiger partial charge in [-0.15, -0.1) is 0 Å². The summed E-state index contributed by atoms with van der Waals surface area (Å²) in [5.74, 6) is -0.291. The zero-order valence-electron chi connectivity index (χ0n) is 13.2. The molecule has 22 heavy (non-hydrogen) atoms. The van der Waals surface area contributed by atoms with Crippen molar-refractivity contribution in [3.63, 3.8) is 0 Å². The van der Waals surface area contributed by atoms with E-state index in [2.05, 4.69) is 5.32 Å². The first-order chi connectivity index (χ1) is 10.4. The number of hydrogen-bond donors (Lipinski definition) is 1. The molecular formula is C15H23ClN2O3S. The van der Waals surface area contributed by atoms with Crippen molar-refractivity contribution >= 4 is 27.5 Å². The first kappa shape index (κ1) is 18.9. The molecule has 7 heteroatoms. The van der Waals surface area contributed by atoms with E-state index in [-0.39, 0.29) is 15.8 Å². The Labute approximate surface area is 137 Å². The Morgan fingerprint density at radius 3 is 2.41 bits per heavy atom. The summed E-state index contributed by atoms with van der Waals surface area (Å²) in [6, 6.07) is 4.33. The molecule has 5 nitrogen and oxygen atoms in total. The largest absolute Gasteiger partial charge is 0.352 e. The molecule has 1 N–H and O–H groups in total. The lowest BCUT2D eigenvalue weighted by molar-refractivity contribution is 0.0953. The van der Waals surface area contributed by atoms with Crippen LogP contribution in [0.15, 0.2) is 23.1 Å². The van der Waals surface area contributed by atoms with E-state index in [0.717, 1.165) is 12.8 Å². The molecule has 1 rings (SSSR count). The molecule has 0 saturated carbocycles. The van der Waals surface area contributed by atoms with Gasteiger partial charge >= 0.3 is 0 Å². The van der Waals surface area contributed by atoms with Crippen molar-refractivity contribution in [3.05, 3.63) is 28.8 Å². The highest BCUT2D eigenvalue weighted by molar-refractivity contribution is 7.89. The van der Waals surface area contributed by atoms with Crippen LogP contribution in [0.5, 0.6) is 0 Å². The van der Waals surface area contributed by atoms with Crippen LogP contribution < -0.4 is 5.32 Å². The normalized spacial score (nSPS) is 11.7. The van der Waals surface area contributed by atoms with Gasteiger partial charge in [-0.2, -0.15) is 4.31 Å². The number of unbranched alkanes of at least 4 members (excludes halogenated alkanes) is 1. The number of benzene rings is 1. The van der Waals surface area contributed by atoms with E-state index in [1.54, 1.807) is 13.8 Å². The van der Waals surface area contributed by atoms with Crippen molar-refractivity contribution in [2.45, 2.75) is 38.5 Å². The molecule has 1 amide bonds. The fourth-order valence-electron chi connectivity index (χ4n) is 2.03. The Balaban J connectivity index is 3.12. The molecule has 0 aliphatic rings. The molecule has 1 aromatic carbocycles. The minimum atomic E-state index is -3.69. The standard InChI is InChI=1S/C15H23ClN2O3S/c1-4-7-10-17-15(19)12-8-9-13(16)14(11-12)22(20,21)18(5-2)6-3/h8-9,11H,4-7,10H2,1-3H3,(H,17,19). The van der Waals surface area contributed by atoms with Gasteiger partial charge in [-0.05, 0) is 24.6 Å². The number of amides is 1. The maximum Gasteiger partial charge on any atom is 0.251 e. The molecule has 0 radical (unpaired) electrons. The molecule has 0 saturated heterocycles. The number of rotatable bonds is 8. The van der Waals surface area contributed by atoms with E-state index in [0.29, 0.717) is 25.2 Å². The van der Waals surface area contributed by atoms with E-state index >= 15 is 0 Å². The summed E-state index contributed by atoms with van der Waals surface area (Å²) in [5, 5.41) is 2.89. The van der Waals surface area contributed by atoms with Crippen molar-refractivity contribution in [2.24, 2.45) is 0 Å². The smallest absolute Gasteiger partial charge is 0.251 e. The topological polar surface area (TPSA) is 66.5 Å². The zero-order chi connectivity index (χ0) is 16.8. The SMILES string of the molecule is CCCCNC(=O)c1ccc(Cl)c(S(=O)(=O)N(CC)CC)c1. The second-order valence-electron chi connectivity index (χ2n) is 4.84. The van der Waals surface area contributed by atoms with Gasteiger partial charge in [0, 0.05) is 25.2 Å². The molecule has 0 fully saturated rings. The maximum absolute atomic E-state index is 12.6. The summed E-state index contributed by atoms with van der Waals surface area (Å²) in [6.45, 7) is 6.82. The molecule has 0 aliphatic carbocycles. The summed E-state index contributed by atoms with van der Waals surface area (Å²) in [7, 11) is -3.69. The van der Waals surface area contributed by atoms with Gasteiger partial charge in [-0.3, -0.25) is 4.79 Å². The number of nitrogens with zero attached hydrogens (tertiary/aromatic N) is 1. The fourth-order valence-corrected chi connectivity index (χ4v) is 3.98. The predicted octanol–water partition coefficient (Wildman–Crippen LogP) is 2.90. The van der Waals surface area contributed by atoms with Crippen molar-refractivity contribution in [2.75, 3.05) is 19.6 Å². The number of nitrogens with one attached hydrogen (secondary N) is 1. The van der Waals surface area contributed by atoms with Crippen LogP contribution in [-0.2, 0) is 10.0 Å². The fraction of sp³-hybridized carbons (Fsp3) is 0.533. The first-order valence-electron chi connectivity index (χ1n) is 7.46. The van der Waals surface area contributed by atoms with Gasteiger partial charge in [-0.25, -0.2) is 8.42 Å². The van der Waals surface area contributed by atoms with Crippen LogP contribution in [0.4, 0.5) is 0 Å². The van der Waals surface area contributed by atoms with Crippen LogP contribution in [0.1, 0.15) is 44.0 Å². The zero-order valence-corrected chi connectivity index (χ0v) is 14.8. The molecule has 0 aliphatic heterocycles. The lowest BCUT2D eigenvalue weighted by Gasteiger charge is -2.19. The minimum absolute atomic E-state index is 0.0268. The Kier molecular flexibility index (Phi) is 7.32. The Bertz CT molecular complexity index is 613. The van der Waals surface area contributed by atoms with Crippen molar-refractivity contribution < 1.29 is 13.2 Å². The summed E-state index contributed by atoms with van der Waals surface area (Å²) in [6.07, 6.45) is 1.85. The summed E-state index contributed by atoms with van der Waals surface area (Å²) < 4.78 is 26.4. The molecule has 0 heterocycles. The van der Waals surface area contributed by atoms with Crippen molar-refractivity contribution in [3.8, 4) is 0 Å². The van der Waals surface area contributed by atoms with Gasteiger partial charge in [0.2, 0.25) is 10.0 Å². The van der Waals surface area contributed by atoms with Crippen molar-refractivity contribution in [1.29, 1.82) is 0 Å². The highest BCUT2D eigenvalue weighted by atomic mass is 35.5. The van der Waals surface area contributed by atoms with Gasteiger partial charge in [0.1, 0.15) is 4.90 Å². The van der Waals surface area contributed by atoms with Crippen LogP contribution in [0.25, 0.3) is 0 Å². The van der Waals surface area contributed by atoms with Crippen LogP contribution in [0, 0.1) is 0 Å². The molecule has 0 atom stereocenters. The van der Waals surface area contributed by atoms with Crippen LogP contribution in [0.2, 0.25) is 5.02 Å². The van der Waals surface area contributed by atoms with Gasteiger partial charge in [0.25, 0.3) is 5.91 Å². The predicted molar refractivity (Wildman–Crippen MR) is 88.8 cm³/mol. The minimum Gasteiger partial charge on any atom is -0.352 e. The summed E-state index contributed by atoms with van der Waals surface area (Å²) in [4.78, 5) is 12.0. The van der Waals surface area contributed by atoms with E-state index in [1.165, 1.54) is 22.5 Å². The lowest BCUT2D eigenvalue weighted by Crippen LogP contribution is -2.31. The first-order valence-corrected chi connectivity index (χ1v) is 9.28. The quantitative estimate of drug-likeness (QED) is 0.736. The number of carbonyl (C=O) groups is 1. The highest BCUT2D eigenvalue weighted by Crippen LogP contribution is 2.25. The summed E-state index contributed by atoms with van der Waals surface area (Å²) >= 11 is 6.03. The Morgan fingerprint density at radius 2 is 1.86 bits per heavy atom. The molecule has 0 unspecified atom stereocenters. The van der Waals surface area contributed by atoms with Gasteiger partial charge < -0.3 is 5.32 Å². The van der Waals surface area contributed by atoms with E-state index in [1.807, 2.05) is 6.92 Å². The molecule has 1 aromatic rings. The van der Waals surface area contributed by atoms with Crippen molar-refractivity contribution in [1.82, 2.24) is 9.62 Å². The second kappa shape index (κ2) is 8.50. The Morgan fingerprint density at radius 1 is 1.23 bits per heavy atom. The van der Waals surface area contributed by atoms with E-state index in [9.17, 15) is 13.2 Å². The number of hydrogen-bond acceptors (Lipinski definition) is 3. The van der Waals surface area contributed by atoms with Gasteiger partial charge in [-0.1, -0.05) is 38.8 Å². The molecule has 0 aromatic heterocycles. The molecule has 0 spiro atoms. The number of sulfonamides is 1. The third kappa shape index (κ3) is 4.44. The van der Waals surface area contributed by atoms with Crippen LogP contribution in [0.3, 0.4) is 0 Å². The van der Waals surface area contributed by atoms with E-state index in [4.69, 9.17) is 11.6 Å². The molecule has 124 valence electrons. The lowest BCUT2D eigenvalue weighted by atomic mass is 10.2. The summed E-state index contributed by atoms with van der Waals surface area (Å²) in [5.41, 5.74) is 0.297. The van der Waals surface area contributed by atoms with Crippen LogP contribution >= 0.6 is 11.6 Å². The van der Waals surface area contributed by atoms with E-state index < -0.39 is 10.0 Å². The van der Waals surface area contributed by atoms with Gasteiger partial charge in [0.05, 0.1) is 5.02 Å². The van der Waals surface area contributed by atoms with Crippen LogP contribution in [-0.4, -0.2) is 38.3 Å². The maximum atomic E-state index is 12.6. The number of carbonyl (C=O) groups excluding carboxylic acids is 1. The second-order valence-corrected chi connectivity index (χ2v) is 7.16. The monoisotopic (exact) mass is 346 g/mol. The number of halogens is 1. The average molecular weight is 347 g/mol. The molecular weight excluding hydrogens is 324 g/mol. The highest BCUT2D eigenvalue weighted by Gasteiger charge is 2.25. The van der Waals surface area contributed by atoms with Gasteiger partial charge in [0.15, 0.2) is 0 Å². The molecule has 0 bridgehead atoms. The Hall–Kier alpha value is -1.11. The average Bonchev–Trinajstić information content (AvgIpc) is 2.48. The third-order valence-electron chi connectivity index (χ3n) is 3.33.